The molecule has 1 rings (SSSR count). The van der Waals surface area contributed by atoms with Gasteiger partial charge < -0.3 is 20.7 Å². The third kappa shape index (κ3) is 3.88. The van der Waals surface area contributed by atoms with Crippen molar-refractivity contribution in [2.24, 2.45) is 0 Å². The summed E-state index contributed by atoms with van der Waals surface area (Å²) < 4.78 is 4.85. The maximum absolute atomic E-state index is 12.2. The summed E-state index contributed by atoms with van der Waals surface area (Å²) in [6.07, 6.45) is 0. The molecule has 110 valence electrons. The molecule has 1 aromatic carbocycles. The number of nitrogens with one attached hydrogen (secondary N) is 1. The molecule has 0 spiro atoms. The molecule has 0 fully saturated rings. The van der Waals surface area contributed by atoms with E-state index in [0.29, 0.717) is 11.3 Å². The average Bonchev–Trinajstić information content (AvgIpc) is 2.38. The number of nitrogens with two attached hydrogens (primary N) is 1. The van der Waals surface area contributed by atoms with Crippen LogP contribution in [0.4, 0.5) is 11.4 Å². The monoisotopic (exact) mass is 279 g/mol. The third-order valence-corrected chi connectivity index (χ3v) is 2.73. The van der Waals surface area contributed by atoms with Gasteiger partial charge in [-0.05, 0) is 32.0 Å². The first kappa shape index (κ1) is 15.8. The lowest BCUT2D eigenvalue weighted by Crippen LogP contribution is -2.40. The molecular formula is C14H21N3O3. The largest absolute Gasteiger partial charge is 0.464 e. The first-order valence-electron chi connectivity index (χ1n) is 6.41. The van der Waals surface area contributed by atoms with Gasteiger partial charge in [-0.25, -0.2) is 4.79 Å². The number of hydrogen-bond acceptors (Lipinski definition) is 5. The molecule has 1 aromatic rings. The third-order valence-electron chi connectivity index (χ3n) is 2.73. The highest BCUT2D eigenvalue weighted by molar-refractivity contribution is 6.02. The molecule has 0 bridgehead atoms. The molecule has 3 N–H and O–H groups in total. The fourth-order valence-corrected chi connectivity index (χ4v) is 1.73. The van der Waals surface area contributed by atoms with E-state index in [-0.39, 0.29) is 12.5 Å². The summed E-state index contributed by atoms with van der Waals surface area (Å²) >= 11 is 0. The van der Waals surface area contributed by atoms with Gasteiger partial charge in [-0.15, -0.1) is 0 Å². The summed E-state index contributed by atoms with van der Waals surface area (Å²) in [6, 6.07) is 4.36. The van der Waals surface area contributed by atoms with Crippen LogP contribution in [0.5, 0.6) is 0 Å². The van der Waals surface area contributed by atoms with Crippen LogP contribution in [0.2, 0.25) is 0 Å². The maximum atomic E-state index is 12.2. The number of esters is 1. The minimum atomic E-state index is -0.709. The van der Waals surface area contributed by atoms with Crippen LogP contribution >= 0.6 is 0 Å². The molecule has 1 amide bonds. The Balaban J connectivity index is 2.92. The summed E-state index contributed by atoms with van der Waals surface area (Å²) in [4.78, 5) is 25.6. The van der Waals surface area contributed by atoms with Crippen molar-refractivity contribution in [1.29, 1.82) is 0 Å². The lowest BCUT2D eigenvalue weighted by atomic mass is 10.1. The standard InChI is InChI=1S/C14H21N3O3/c1-5-20-14(19)9(2)16-13(18)11-8-10(15)6-7-12(11)17(3)4/h6-9H,5,15H2,1-4H3,(H,16,18). The van der Waals surface area contributed by atoms with Crippen molar-refractivity contribution in [1.82, 2.24) is 5.32 Å². The van der Waals surface area contributed by atoms with Crippen LogP contribution in [0.3, 0.4) is 0 Å². The second-order valence-corrected chi connectivity index (χ2v) is 4.62. The summed E-state index contributed by atoms with van der Waals surface area (Å²) in [5.74, 6) is -0.822. The molecule has 0 radical (unpaired) electrons. The summed E-state index contributed by atoms with van der Waals surface area (Å²) in [5.41, 5.74) is 7.36. The van der Waals surface area contributed by atoms with E-state index >= 15 is 0 Å². The van der Waals surface area contributed by atoms with Gasteiger partial charge in [0.25, 0.3) is 5.91 Å². The maximum Gasteiger partial charge on any atom is 0.328 e. The van der Waals surface area contributed by atoms with Gasteiger partial charge >= 0.3 is 5.97 Å². The number of carbonyl (C=O) groups is 2. The Kier molecular flexibility index (Phi) is 5.37. The fraction of sp³-hybridized carbons (Fsp3) is 0.429. The summed E-state index contributed by atoms with van der Waals surface area (Å²) in [7, 11) is 3.66. The molecule has 0 aromatic heterocycles. The molecule has 0 saturated carbocycles. The zero-order valence-electron chi connectivity index (χ0n) is 12.3. The number of amides is 1. The minimum absolute atomic E-state index is 0.278. The number of ether oxygens (including phenoxy) is 1. The Morgan fingerprint density at radius 3 is 2.60 bits per heavy atom. The van der Waals surface area contributed by atoms with Crippen LogP contribution in [0, 0.1) is 0 Å². The molecule has 0 aliphatic rings. The van der Waals surface area contributed by atoms with Crippen molar-refractivity contribution in [3.05, 3.63) is 23.8 Å². The zero-order chi connectivity index (χ0) is 15.3. The van der Waals surface area contributed by atoms with Crippen molar-refractivity contribution in [3.8, 4) is 0 Å². The molecule has 0 aliphatic carbocycles. The Bertz CT molecular complexity index is 500. The van der Waals surface area contributed by atoms with Gasteiger partial charge in [0, 0.05) is 25.5 Å². The predicted octanol–water partition coefficient (Wildman–Crippen LogP) is 1.02. The number of hydrogen-bond donors (Lipinski definition) is 2. The van der Waals surface area contributed by atoms with Gasteiger partial charge in [-0.1, -0.05) is 0 Å². The minimum Gasteiger partial charge on any atom is -0.464 e. The summed E-state index contributed by atoms with van der Waals surface area (Å²) in [5, 5.41) is 2.61. The van der Waals surface area contributed by atoms with E-state index in [0.717, 1.165) is 5.69 Å². The van der Waals surface area contributed by atoms with Crippen LogP contribution in [0.1, 0.15) is 24.2 Å². The Morgan fingerprint density at radius 1 is 1.40 bits per heavy atom. The highest BCUT2D eigenvalue weighted by Crippen LogP contribution is 2.21. The second kappa shape index (κ2) is 6.79. The van der Waals surface area contributed by atoms with Crippen LogP contribution in [-0.2, 0) is 9.53 Å². The number of anilines is 2. The molecule has 1 atom stereocenters. The van der Waals surface area contributed by atoms with Crippen LogP contribution < -0.4 is 16.0 Å². The van der Waals surface area contributed by atoms with Gasteiger partial charge in [0.05, 0.1) is 12.2 Å². The average molecular weight is 279 g/mol. The van der Waals surface area contributed by atoms with E-state index in [2.05, 4.69) is 5.32 Å². The molecule has 0 saturated heterocycles. The van der Waals surface area contributed by atoms with E-state index in [1.807, 2.05) is 19.0 Å². The predicted molar refractivity (Wildman–Crippen MR) is 78.7 cm³/mol. The van der Waals surface area contributed by atoms with E-state index in [4.69, 9.17) is 10.5 Å². The Labute approximate surface area is 118 Å². The van der Waals surface area contributed by atoms with Crippen molar-refractivity contribution < 1.29 is 14.3 Å². The molecule has 20 heavy (non-hydrogen) atoms. The van der Waals surface area contributed by atoms with Crippen LogP contribution in [-0.4, -0.2) is 38.6 Å². The Morgan fingerprint density at radius 2 is 2.05 bits per heavy atom. The van der Waals surface area contributed by atoms with Gasteiger partial charge in [-0.3, -0.25) is 4.79 Å². The lowest BCUT2D eigenvalue weighted by Gasteiger charge is -2.19. The SMILES string of the molecule is CCOC(=O)C(C)NC(=O)c1cc(N)ccc1N(C)C. The topological polar surface area (TPSA) is 84.7 Å². The van der Waals surface area contributed by atoms with Crippen LogP contribution in [0.15, 0.2) is 18.2 Å². The van der Waals surface area contributed by atoms with Crippen molar-refractivity contribution in [2.75, 3.05) is 31.3 Å². The van der Waals surface area contributed by atoms with Crippen molar-refractivity contribution in [3.63, 3.8) is 0 Å². The van der Waals surface area contributed by atoms with Gasteiger partial charge in [0.2, 0.25) is 0 Å². The van der Waals surface area contributed by atoms with Gasteiger partial charge in [0.1, 0.15) is 6.04 Å². The van der Waals surface area contributed by atoms with Crippen molar-refractivity contribution in [2.45, 2.75) is 19.9 Å². The number of rotatable bonds is 5. The summed E-state index contributed by atoms with van der Waals surface area (Å²) in [6.45, 7) is 3.58. The number of benzene rings is 1. The number of nitrogens with zero attached hydrogens (tertiary/aromatic N) is 1. The lowest BCUT2D eigenvalue weighted by molar-refractivity contribution is -0.144. The Hall–Kier alpha value is -2.24. The normalized spacial score (nSPS) is 11.6. The number of carbonyl (C=O) groups excluding carboxylic acids is 2. The highest BCUT2D eigenvalue weighted by Gasteiger charge is 2.20. The molecule has 0 aliphatic heterocycles. The molecule has 1 unspecified atom stereocenters. The van der Waals surface area contributed by atoms with Crippen LogP contribution in [0.25, 0.3) is 0 Å². The van der Waals surface area contributed by atoms with E-state index in [9.17, 15) is 9.59 Å². The van der Waals surface area contributed by atoms with E-state index in [1.54, 1.807) is 32.0 Å². The molecule has 6 heteroatoms. The smallest absolute Gasteiger partial charge is 0.328 e. The first-order valence-corrected chi connectivity index (χ1v) is 6.41. The first-order chi connectivity index (χ1) is 9.36. The second-order valence-electron chi connectivity index (χ2n) is 4.62. The van der Waals surface area contributed by atoms with Crippen molar-refractivity contribution >= 4 is 23.3 Å². The molecular weight excluding hydrogens is 258 g/mol. The van der Waals surface area contributed by atoms with E-state index in [1.165, 1.54) is 0 Å². The molecule has 6 nitrogen and oxygen atoms in total. The van der Waals surface area contributed by atoms with Gasteiger partial charge in [-0.2, -0.15) is 0 Å². The van der Waals surface area contributed by atoms with E-state index < -0.39 is 12.0 Å². The van der Waals surface area contributed by atoms with Gasteiger partial charge in [0.15, 0.2) is 0 Å². The number of nitrogen functional groups attached to an aromatic ring is 1. The zero-order valence-corrected chi connectivity index (χ0v) is 12.3. The molecule has 0 heterocycles. The highest BCUT2D eigenvalue weighted by atomic mass is 16.5. The quantitative estimate of drug-likeness (QED) is 0.621. The fourth-order valence-electron chi connectivity index (χ4n) is 1.73.